The summed E-state index contributed by atoms with van der Waals surface area (Å²) >= 11 is 6.48. The second-order valence-electron chi connectivity index (χ2n) is 11.8. The van der Waals surface area contributed by atoms with Crippen LogP contribution in [0.15, 0.2) is 72.8 Å². The summed E-state index contributed by atoms with van der Waals surface area (Å²) in [6.07, 6.45) is 7.49. The Kier molecular flexibility index (Phi) is 10.2. The normalized spacial score (nSPS) is 14.4. The lowest BCUT2D eigenvalue weighted by Gasteiger charge is -2.43. The number of para-hydroxylation sites is 1. The number of rotatable bonds is 9. The number of hydrogen-bond donors (Lipinski definition) is 2. The molecule has 0 spiro atoms. The Morgan fingerprint density at radius 3 is 2.26 bits per heavy atom. The first-order valence-corrected chi connectivity index (χ1v) is 14.8. The maximum atomic E-state index is 14.6. The molecule has 1 aliphatic rings. The molecule has 2 unspecified atom stereocenters. The van der Waals surface area contributed by atoms with Crippen LogP contribution in [-0.4, -0.2) is 40.5 Å². The van der Waals surface area contributed by atoms with Crippen molar-refractivity contribution >= 4 is 35.2 Å². The van der Waals surface area contributed by atoms with Crippen LogP contribution in [0.4, 0.5) is 10.5 Å². The van der Waals surface area contributed by atoms with Crippen molar-refractivity contribution in [3.63, 3.8) is 0 Å². The van der Waals surface area contributed by atoms with Crippen molar-refractivity contribution in [1.29, 1.82) is 0 Å². The molecule has 3 aromatic rings. The van der Waals surface area contributed by atoms with E-state index in [1.54, 1.807) is 56.0 Å². The standard InChI is InChI=1S/C35H38ClN3O4/c1-6-24-18-20-26(21-19-24)31(32(40)38-30-23(2)12-10-17-28(30)36)39(27-15-11-16-27)33(41)29(22-25-13-8-7-9-14-25)37-34(42)43-35(3,4)5/h1,7-10,12-14,17-21,27,29,31H,11,15-16,22H2,2-5H3,(H,37,42)(H,38,40). The Morgan fingerprint density at radius 2 is 1.70 bits per heavy atom. The van der Waals surface area contributed by atoms with Gasteiger partial charge in [0.05, 0.1) is 10.7 Å². The minimum atomic E-state index is -1.01. The number of benzene rings is 3. The molecular formula is C35H38ClN3O4. The number of anilines is 1. The molecule has 1 fully saturated rings. The Balaban J connectivity index is 1.77. The van der Waals surface area contributed by atoms with E-state index in [-0.39, 0.29) is 18.4 Å². The zero-order valence-corrected chi connectivity index (χ0v) is 25.8. The first-order valence-electron chi connectivity index (χ1n) is 14.4. The molecule has 3 amide bonds. The lowest BCUT2D eigenvalue weighted by Crippen LogP contribution is -2.57. The Labute approximate surface area is 259 Å². The van der Waals surface area contributed by atoms with Crippen molar-refractivity contribution in [3.05, 3.63) is 100 Å². The molecule has 1 saturated carbocycles. The van der Waals surface area contributed by atoms with Crippen molar-refractivity contribution in [1.82, 2.24) is 10.2 Å². The summed E-state index contributed by atoms with van der Waals surface area (Å²) < 4.78 is 5.53. The molecule has 0 saturated heterocycles. The van der Waals surface area contributed by atoms with Crippen molar-refractivity contribution < 1.29 is 19.1 Å². The molecule has 0 radical (unpaired) electrons. The highest BCUT2D eigenvalue weighted by Crippen LogP contribution is 2.36. The summed E-state index contributed by atoms with van der Waals surface area (Å²) in [4.78, 5) is 43.5. The van der Waals surface area contributed by atoms with Gasteiger partial charge >= 0.3 is 6.09 Å². The predicted octanol–water partition coefficient (Wildman–Crippen LogP) is 6.83. The van der Waals surface area contributed by atoms with Crippen LogP contribution in [0.5, 0.6) is 0 Å². The van der Waals surface area contributed by atoms with E-state index in [1.807, 2.05) is 49.4 Å². The highest BCUT2D eigenvalue weighted by molar-refractivity contribution is 6.34. The molecule has 7 nitrogen and oxygen atoms in total. The number of carbonyl (C=O) groups is 3. The quantitative estimate of drug-likeness (QED) is 0.264. The van der Waals surface area contributed by atoms with Crippen LogP contribution in [-0.2, 0) is 20.7 Å². The summed E-state index contributed by atoms with van der Waals surface area (Å²) in [5, 5.41) is 6.19. The molecule has 1 aliphatic carbocycles. The van der Waals surface area contributed by atoms with E-state index in [0.717, 1.165) is 30.4 Å². The van der Waals surface area contributed by atoms with Gasteiger partial charge in [0.25, 0.3) is 5.91 Å². The monoisotopic (exact) mass is 599 g/mol. The van der Waals surface area contributed by atoms with E-state index < -0.39 is 29.7 Å². The minimum absolute atomic E-state index is 0.207. The minimum Gasteiger partial charge on any atom is -0.444 e. The SMILES string of the molecule is C#Cc1ccc(C(C(=O)Nc2c(C)cccc2Cl)N(C(=O)C(Cc2ccccc2)NC(=O)OC(C)(C)C)C2CCC2)cc1. The summed E-state index contributed by atoms with van der Waals surface area (Å²) in [6, 6.07) is 19.6. The van der Waals surface area contributed by atoms with Crippen molar-refractivity contribution in [2.24, 2.45) is 0 Å². The zero-order chi connectivity index (χ0) is 31.1. The molecule has 2 N–H and O–H groups in total. The first-order chi connectivity index (χ1) is 20.5. The smallest absolute Gasteiger partial charge is 0.408 e. The van der Waals surface area contributed by atoms with Crippen LogP contribution < -0.4 is 10.6 Å². The lowest BCUT2D eigenvalue weighted by molar-refractivity contribution is -0.145. The second kappa shape index (κ2) is 13.8. The summed E-state index contributed by atoms with van der Waals surface area (Å²) in [5.41, 5.74) is 2.62. The fraction of sp³-hybridized carbons (Fsp3) is 0.343. The van der Waals surface area contributed by atoms with Gasteiger partial charge in [-0.1, -0.05) is 72.1 Å². The fourth-order valence-electron chi connectivity index (χ4n) is 5.04. The third kappa shape index (κ3) is 8.18. The summed E-state index contributed by atoms with van der Waals surface area (Å²) in [5.74, 6) is 1.81. The van der Waals surface area contributed by atoms with Gasteiger partial charge in [-0.25, -0.2) is 4.79 Å². The Bertz CT molecular complexity index is 1470. The van der Waals surface area contributed by atoms with Gasteiger partial charge in [0.15, 0.2) is 0 Å². The highest BCUT2D eigenvalue weighted by atomic mass is 35.5. The molecule has 4 rings (SSSR count). The number of aryl methyl sites for hydroxylation is 1. The number of nitrogens with zero attached hydrogens (tertiary/aromatic N) is 1. The Morgan fingerprint density at radius 1 is 1.02 bits per heavy atom. The number of halogens is 1. The maximum absolute atomic E-state index is 14.6. The number of nitrogens with one attached hydrogen (secondary N) is 2. The number of amides is 3. The van der Waals surface area contributed by atoms with Crippen LogP contribution in [0.1, 0.15) is 68.3 Å². The third-order valence-corrected chi connectivity index (χ3v) is 7.70. The maximum Gasteiger partial charge on any atom is 0.408 e. The van der Waals surface area contributed by atoms with Crippen LogP contribution in [0.3, 0.4) is 0 Å². The molecular weight excluding hydrogens is 562 g/mol. The van der Waals surface area contributed by atoms with Gasteiger partial charge in [0, 0.05) is 18.0 Å². The number of carbonyl (C=O) groups excluding carboxylic acids is 3. The topological polar surface area (TPSA) is 87.7 Å². The third-order valence-electron chi connectivity index (χ3n) is 7.38. The van der Waals surface area contributed by atoms with Crippen LogP contribution >= 0.6 is 11.6 Å². The van der Waals surface area contributed by atoms with Gasteiger partial charge in [-0.3, -0.25) is 9.59 Å². The number of hydrogen-bond acceptors (Lipinski definition) is 4. The van der Waals surface area contributed by atoms with E-state index >= 15 is 0 Å². The zero-order valence-electron chi connectivity index (χ0n) is 25.0. The van der Waals surface area contributed by atoms with Gasteiger partial charge < -0.3 is 20.3 Å². The average Bonchev–Trinajstić information content (AvgIpc) is 2.93. The van der Waals surface area contributed by atoms with Gasteiger partial charge in [-0.2, -0.15) is 0 Å². The Hall–Kier alpha value is -4.28. The van der Waals surface area contributed by atoms with Crippen molar-refractivity contribution in [2.45, 2.75) is 77.1 Å². The van der Waals surface area contributed by atoms with Crippen molar-refractivity contribution in [2.75, 3.05) is 5.32 Å². The van der Waals surface area contributed by atoms with Gasteiger partial charge in [0.1, 0.15) is 17.7 Å². The average molecular weight is 600 g/mol. The first kappa shape index (κ1) is 31.7. The molecule has 8 heteroatoms. The van der Waals surface area contributed by atoms with Crippen LogP contribution in [0, 0.1) is 19.3 Å². The molecule has 2 atom stereocenters. The van der Waals surface area contributed by atoms with Gasteiger partial charge in [-0.05, 0) is 81.8 Å². The van der Waals surface area contributed by atoms with E-state index in [0.29, 0.717) is 21.8 Å². The number of ether oxygens (including phenoxy) is 1. The predicted molar refractivity (Wildman–Crippen MR) is 170 cm³/mol. The molecule has 43 heavy (non-hydrogen) atoms. The van der Waals surface area contributed by atoms with Crippen LogP contribution in [0.25, 0.3) is 0 Å². The largest absolute Gasteiger partial charge is 0.444 e. The lowest BCUT2D eigenvalue weighted by atomic mass is 9.87. The van der Waals surface area contributed by atoms with E-state index in [1.165, 1.54) is 0 Å². The molecule has 0 bridgehead atoms. The van der Waals surface area contributed by atoms with Gasteiger partial charge in [0.2, 0.25) is 5.91 Å². The van der Waals surface area contributed by atoms with Gasteiger partial charge in [-0.15, -0.1) is 6.42 Å². The molecule has 0 aliphatic heterocycles. The van der Waals surface area contributed by atoms with E-state index in [2.05, 4.69) is 16.6 Å². The molecule has 0 heterocycles. The second-order valence-corrected chi connectivity index (χ2v) is 12.2. The van der Waals surface area contributed by atoms with Crippen molar-refractivity contribution in [3.8, 4) is 12.3 Å². The molecule has 3 aromatic carbocycles. The number of alkyl carbamates (subject to hydrolysis) is 1. The molecule has 0 aromatic heterocycles. The fourth-order valence-corrected chi connectivity index (χ4v) is 5.31. The van der Waals surface area contributed by atoms with Crippen LogP contribution in [0.2, 0.25) is 5.02 Å². The van der Waals surface area contributed by atoms with E-state index in [4.69, 9.17) is 22.8 Å². The summed E-state index contributed by atoms with van der Waals surface area (Å²) in [6.45, 7) is 7.14. The highest BCUT2D eigenvalue weighted by Gasteiger charge is 2.42. The number of terminal acetylenes is 1. The summed E-state index contributed by atoms with van der Waals surface area (Å²) in [7, 11) is 0. The molecule has 224 valence electrons. The van der Waals surface area contributed by atoms with E-state index in [9.17, 15) is 14.4 Å².